The van der Waals surface area contributed by atoms with Crippen LogP contribution in [0.15, 0.2) is 10.6 Å². The Bertz CT molecular complexity index is 727. The smallest absolute Gasteiger partial charge is 0.230 e. The molecule has 130 valence electrons. The fraction of sp³-hybridized carbons (Fsp3) is 0.611. The van der Waals surface area contributed by atoms with Crippen molar-refractivity contribution in [3.05, 3.63) is 34.5 Å². The Kier molecular flexibility index (Phi) is 4.47. The lowest BCUT2D eigenvalue weighted by molar-refractivity contribution is -0.133. The van der Waals surface area contributed by atoms with E-state index in [1.165, 1.54) is 0 Å². The van der Waals surface area contributed by atoms with Crippen LogP contribution in [0.3, 0.4) is 0 Å². The van der Waals surface area contributed by atoms with Crippen molar-refractivity contribution in [2.45, 2.75) is 66.0 Å². The average Bonchev–Trinajstić information content (AvgIpc) is 3.19. The predicted molar refractivity (Wildman–Crippen MR) is 90.8 cm³/mol. The molecule has 0 radical (unpaired) electrons. The van der Waals surface area contributed by atoms with Crippen molar-refractivity contribution in [3.63, 3.8) is 0 Å². The Balaban J connectivity index is 1.77. The molecule has 0 bridgehead atoms. The van der Waals surface area contributed by atoms with Crippen LogP contribution < -0.4 is 0 Å². The maximum absolute atomic E-state index is 13.1. The SMILES string of the molecule is Cc1cc(C)n(C[C@H]2CCCN2C(=O)[C@@H](C)c2c(C)noc2C)n1. The van der Waals surface area contributed by atoms with Gasteiger partial charge < -0.3 is 9.42 Å². The van der Waals surface area contributed by atoms with E-state index in [1.54, 1.807) is 0 Å². The molecule has 6 nitrogen and oxygen atoms in total. The molecule has 1 amide bonds. The third-order valence-corrected chi connectivity index (χ3v) is 5.04. The van der Waals surface area contributed by atoms with E-state index < -0.39 is 0 Å². The van der Waals surface area contributed by atoms with E-state index in [1.807, 2.05) is 37.3 Å². The molecule has 0 unspecified atom stereocenters. The summed E-state index contributed by atoms with van der Waals surface area (Å²) in [5, 5.41) is 8.53. The second-order valence-corrected chi connectivity index (χ2v) is 6.90. The maximum atomic E-state index is 13.1. The molecule has 1 saturated heterocycles. The Morgan fingerprint density at radius 1 is 1.38 bits per heavy atom. The van der Waals surface area contributed by atoms with Crippen molar-refractivity contribution in [2.75, 3.05) is 6.54 Å². The molecule has 0 saturated carbocycles. The number of aromatic nitrogens is 3. The molecule has 1 aliphatic rings. The van der Waals surface area contributed by atoms with Crippen molar-refractivity contribution >= 4 is 5.91 Å². The van der Waals surface area contributed by atoms with Gasteiger partial charge in [0.1, 0.15) is 5.76 Å². The molecule has 0 aromatic carbocycles. The number of hydrogen-bond donors (Lipinski definition) is 0. The van der Waals surface area contributed by atoms with E-state index in [0.29, 0.717) is 0 Å². The molecule has 0 N–H and O–H groups in total. The minimum atomic E-state index is -0.225. The Labute approximate surface area is 142 Å². The van der Waals surface area contributed by atoms with Gasteiger partial charge >= 0.3 is 0 Å². The Morgan fingerprint density at radius 3 is 2.71 bits per heavy atom. The summed E-state index contributed by atoms with van der Waals surface area (Å²) in [5.41, 5.74) is 3.90. The highest BCUT2D eigenvalue weighted by atomic mass is 16.5. The number of nitrogens with zero attached hydrogens (tertiary/aromatic N) is 4. The van der Waals surface area contributed by atoms with Crippen LogP contribution in [0.25, 0.3) is 0 Å². The van der Waals surface area contributed by atoms with Crippen molar-refractivity contribution in [1.29, 1.82) is 0 Å². The number of hydrogen-bond acceptors (Lipinski definition) is 4. The summed E-state index contributed by atoms with van der Waals surface area (Å²) in [6, 6.07) is 2.28. The summed E-state index contributed by atoms with van der Waals surface area (Å²) in [4.78, 5) is 15.1. The third kappa shape index (κ3) is 2.97. The van der Waals surface area contributed by atoms with Gasteiger partial charge in [0.2, 0.25) is 5.91 Å². The molecule has 2 atom stereocenters. The van der Waals surface area contributed by atoms with Crippen LogP contribution in [0.4, 0.5) is 0 Å². The van der Waals surface area contributed by atoms with E-state index in [0.717, 1.165) is 54.3 Å². The monoisotopic (exact) mass is 330 g/mol. The Morgan fingerprint density at radius 2 is 2.12 bits per heavy atom. The van der Waals surface area contributed by atoms with E-state index in [-0.39, 0.29) is 17.9 Å². The number of amides is 1. The zero-order valence-electron chi connectivity index (χ0n) is 15.2. The van der Waals surface area contributed by atoms with Crippen LogP contribution >= 0.6 is 0 Å². The molecule has 3 heterocycles. The van der Waals surface area contributed by atoms with Crippen molar-refractivity contribution in [3.8, 4) is 0 Å². The fourth-order valence-corrected chi connectivity index (χ4v) is 3.86. The van der Waals surface area contributed by atoms with Gasteiger partial charge in [0.25, 0.3) is 0 Å². The van der Waals surface area contributed by atoms with Gasteiger partial charge in [-0.25, -0.2) is 0 Å². The van der Waals surface area contributed by atoms with Crippen LogP contribution in [0.1, 0.15) is 54.1 Å². The standard InChI is InChI=1S/C18H26N4O2/c1-11-9-12(2)22(19-11)10-16-7-6-8-21(16)18(23)13(3)17-14(4)20-24-15(17)5/h9,13,16H,6-8,10H2,1-5H3/t13-,16+/m0/s1. The first-order valence-corrected chi connectivity index (χ1v) is 8.62. The summed E-state index contributed by atoms with van der Waals surface area (Å²) in [5.74, 6) is 0.674. The second kappa shape index (κ2) is 6.42. The zero-order chi connectivity index (χ0) is 17.4. The fourth-order valence-electron chi connectivity index (χ4n) is 3.86. The van der Waals surface area contributed by atoms with Gasteiger partial charge in [-0.1, -0.05) is 5.16 Å². The molecular formula is C18H26N4O2. The number of carbonyl (C=O) groups is 1. The van der Waals surface area contributed by atoms with Crippen molar-refractivity contribution in [2.24, 2.45) is 0 Å². The number of likely N-dealkylation sites (tertiary alicyclic amines) is 1. The highest BCUT2D eigenvalue weighted by Crippen LogP contribution is 2.29. The first-order chi connectivity index (χ1) is 11.4. The quantitative estimate of drug-likeness (QED) is 0.864. The normalized spacial score (nSPS) is 19.0. The molecule has 24 heavy (non-hydrogen) atoms. The van der Waals surface area contributed by atoms with Crippen LogP contribution in [-0.2, 0) is 11.3 Å². The van der Waals surface area contributed by atoms with Gasteiger partial charge in [-0.05, 0) is 53.5 Å². The second-order valence-electron chi connectivity index (χ2n) is 6.90. The topological polar surface area (TPSA) is 64.2 Å². The van der Waals surface area contributed by atoms with Crippen LogP contribution in [0.2, 0.25) is 0 Å². The highest BCUT2D eigenvalue weighted by molar-refractivity contribution is 5.84. The summed E-state index contributed by atoms with van der Waals surface area (Å²) in [6.07, 6.45) is 2.07. The lowest BCUT2D eigenvalue weighted by Gasteiger charge is -2.28. The molecule has 3 rings (SSSR count). The maximum Gasteiger partial charge on any atom is 0.230 e. The molecule has 1 aliphatic heterocycles. The molecule has 2 aromatic rings. The number of carbonyl (C=O) groups excluding carboxylic acids is 1. The highest BCUT2D eigenvalue weighted by Gasteiger charge is 2.34. The first kappa shape index (κ1) is 16.7. The van der Waals surface area contributed by atoms with Crippen molar-refractivity contribution in [1.82, 2.24) is 19.8 Å². The average molecular weight is 330 g/mol. The van der Waals surface area contributed by atoms with Gasteiger partial charge in [0.15, 0.2) is 0 Å². The largest absolute Gasteiger partial charge is 0.361 e. The molecule has 0 aliphatic carbocycles. The molecule has 1 fully saturated rings. The van der Waals surface area contributed by atoms with Gasteiger partial charge in [-0.3, -0.25) is 9.48 Å². The minimum Gasteiger partial charge on any atom is -0.361 e. The van der Waals surface area contributed by atoms with E-state index in [9.17, 15) is 4.79 Å². The van der Waals surface area contributed by atoms with Gasteiger partial charge in [-0.2, -0.15) is 5.10 Å². The van der Waals surface area contributed by atoms with Gasteiger partial charge in [-0.15, -0.1) is 0 Å². The van der Waals surface area contributed by atoms with Crippen LogP contribution in [0, 0.1) is 27.7 Å². The molecule has 0 spiro atoms. The van der Waals surface area contributed by atoms with E-state index in [4.69, 9.17) is 4.52 Å². The molecular weight excluding hydrogens is 304 g/mol. The first-order valence-electron chi connectivity index (χ1n) is 8.62. The summed E-state index contributed by atoms with van der Waals surface area (Å²) < 4.78 is 7.26. The lowest BCUT2D eigenvalue weighted by Crippen LogP contribution is -2.40. The van der Waals surface area contributed by atoms with E-state index in [2.05, 4.69) is 23.2 Å². The molecule has 6 heteroatoms. The third-order valence-electron chi connectivity index (χ3n) is 5.04. The van der Waals surface area contributed by atoms with Gasteiger partial charge in [0.05, 0.1) is 29.9 Å². The van der Waals surface area contributed by atoms with Crippen molar-refractivity contribution < 1.29 is 9.32 Å². The summed E-state index contributed by atoms with van der Waals surface area (Å²) in [6.45, 7) is 11.4. The minimum absolute atomic E-state index is 0.161. The van der Waals surface area contributed by atoms with E-state index >= 15 is 0 Å². The molecule has 2 aromatic heterocycles. The number of aryl methyl sites for hydroxylation is 4. The lowest BCUT2D eigenvalue weighted by atomic mass is 9.97. The van der Waals surface area contributed by atoms with Crippen LogP contribution in [-0.4, -0.2) is 38.3 Å². The van der Waals surface area contributed by atoms with Crippen LogP contribution in [0.5, 0.6) is 0 Å². The summed E-state index contributed by atoms with van der Waals surface area (Å²) in [7, 11) is 0. The Hall–Kier alpha value is -2.11. The summed E-state index contributed by atoms with van der Waals surface area (Å²) >= 11 is 0. The number of rotatable bonds is 4. The predicted octanol–water partition coefficient (Wildman–Crippen LogP) is 2.90. The van der Waals surface area contributed by atoms with Gasteiger partial charge in [0, 0.05) is 17.8 Å². The zero-order valence-corrected chi connectivity index (χ0v) is 15.2.